The first-order valence-corrected chi connectivity index (χ1v) is 18.6. The minimum Gasteiger partial charge on any atom is -0.458 e. The van der Waals surface area contributed by atoms with Crippen molar-refractivity contribution in [1.29, 1.82) is 0 Å². The topological polar surface area (TPSA) is 12.5 Å². The molecule has 0 bridgehead atoms. The van der Waals surface area contributed by atoms with E-state index < -0.39 is 0 Å². The average molecular weight is 680 g/mol. The van der Waals surface area contributed by atoms with Gasteiger partial charge in [0.1, 0.15) is 11.5 Å². The smallest absolute Gasteiger partial charge is 0.256 e. The van der Waals surface area contributed by atoms with Crippen LogP contribution in [0.3, 0.4) is 0 Å². The maximum Gasteiger partial charge on any atom is 0.256 e. The summed E-state index contributed by atoms with van der Waals surface area (Å²) in [6.07, 6.45) is 0. The number of rotatable bonds is 4. The van der Waals surface area contributed by atoms with E-state index in [1.165, 1.54) is 75.6 Å². The summed E-state index contributed by atoms with van der Waals surface area (Å²) in [6, 6.07) is 66.1. The second-order valence-electron chi connectivity index (χ2n) is 13.6. The molecule has 0 saturated carbocycles. The van der Waals surface area contributed by atoms with Crippen LogP contribution >= 0.6 is 11.3 Å². The van der Waals surface area contributed by atoms with Crippen molar-refractivity contribution in [3.8, 4) is 44.9 Å². The minimum atomic E-state index is 0.00743. The largest absolute Gasteiger partial charge is 0.458 e. The summed E-state index contributed by atoms with van der Waals surface area (Å²) in [7, 11) is 0. The van der Waals surface area contributed by atoms with E-state index in [0.717, 1.165) is 22.9 Å². The van der Waals surface area contributed by atoms with Crippen LogP contribution in [0.1, 0.15) is 0 Å². The molecule has 0 aliphatic carbocycles. The van der Waals surface area contributed by atoms with Gasteiger partial charge >= 0.3 is 0 Å². The number of para-hydroxylation sites is 2. The van der Waals surface area contributed by atoms with Crippen molar-refractivity contribution in [1.82, 2.24) is 0 Å². The number of hydrogen-bond acceptors (Lipinski definition) is 3. The predicted molar refractivity (Wildman–Crippen MR) is 221 cm³/mol. The summed E-state index contributed by atoms with van der Waals surface area (Å²) in [4.78, 5) is 2.51. The molecule has 0 radical (unpaired) electrons. The zero-order valence-electron chi connectivity index (χ0n) is 28.2. The molecule has 4 heteroatoms. The SMILES string of the molecule is c1ccc(-c2cccc(-c3ccccc3)c2N2c3ccc(-c4cccc5c4sc4ccccc45)cc3B3c4ccccc4Oc4cccc2c43)cc1. The lowest BCUT2D eigenvalue weighted by Crippen LogP contribution is -2.59. The zero-order valence-corrected chi connectivity index (χ0v) is 29.0. The highest BCUT2D eigenvalue weighted by Crippen LogP contribution is 2.49. The second kappa shape index (κ2) is 11.6. The van der Waals surface area contributed by atoms with Gasteiger partial charge in [0.15, 0.2) is 0 Å². The standard InChI is InChI=1S/C48H30BNOS/c1-3-14-31(15-4-1)34-19-11-20-35(32-16-5-2-6-17-32)47(34)50-41-29-28-33(36-21-12-22-38-37-18-7-10-27-45(37)52-48(36)38)30-40(41)49-39-23-8-9-25-43(39)51-44-26-13-24-42(50)46(44)49/h1-30H. The van der Waals surface area contributed by atoms with Crippen molar-refractivity contribution in [2.45, 2.75) is 0 Å². The molecule has 1 aromatic heterocycles. The summed E-state index contributed by atoms with van der Waals surface area (Å²) >= 11 is 1.88. The van der Waals surface area contributed by atoms with Crippen molar-refractivity contribution in [3.05, 3.63) is 182 Å². The predicted octanol–water partition coefficient (Wildman–Crippen LogP) is 11.5. The van der Waals surface area contributed by atoms with Gasteiger partial charge in [0.05, 0.1) is 5.69 Å². The third-order valence-electron chi connectivity index (χ3n) is 10.7. The van der Waals surface area contributed by atoms with E-state index in [9.17, 15) is 0 Å². The van der Waals surface area contributed by atoms with Gasteiger partial charge in [-0.2, -0.15) is 0 Å². The number of thiophene rings is 1. The third kappa shape index (κ3) is 4.38. The van der Waals surface area contributed by atoms with E-state index in [1.807, 2.05) is 11.3 Å². The van der Waals surface area contributed by atoms with Crippen molar-refractivity contribution >= 4 is 71.7 Å². The summed E-state index contributed by atoms with van der Waals surface area (Å²) in [5.41, 5.74) is 14.4. The lowest BCUT2D eigenvalue weighted by atomic mass is 9.34. The molecule has 52 heavy (non-hydrogen) atoms. The van der Waals surface area contributed by atoms with Gasteiger partial charge in [-0.25, -0.2) is 0 Å². The molecule has 3 heterocycles. The third-order valence-corrected chi connectivity index (χ3v) is 12.0. The monoisotopic (exact) mass is 679 g/mol. The zero-order chi connectivity index (χ0) is 34.2. The van der Waals surface area contributed by atoms with Gasteiger partial charge in [-0.05, 0) is 69.0 Å². The molecule has 242 valence electrons. The molecule has 8 aromatic carbocycles. The van der Waals surface area contributed by atoms with Crippen molar-refractivity contribution in [2.24, 2.45) is 0 Å². The number of ether oxygens (including phenoxy) is 1. The molecule has 0 atom stereocenters. The number of anilines is 3. The molecule has 0 saturated heterocycles. The average Bonchev–Trinajstić information content (AvgIpc) is 3.60. The van der Waals surface area contributed by atoms with Crippen LogP contribution in [0.4, 0.5) is 17.1 Å². The summed E-state index contributed by atoms with van der Waals surface area (Å²) in [6.45, 7) is 0.00743. The Morgan fingerprint density at radius 2 is 1.08 bits per heavy atom. The number of nitrogens with zero attached hydrogens (tertiary/aromatic N) is 1. The van der Waals surface area contributed by atoms with Crippen molar-refractivity contribution in [3.63, 3.8) is 0 Å². The lowest BCUT2D eigenvalue weighted by Gasteiger charge is -2.41. The molecule has 0 unspecified atom stereocenters. The molecule has 0 fully saturated rings. The van der Waals surface area contributed by atoms with Gasteiger partial charge in [-0.1, -0.05) is 152 Å². The molecule has 2 nitrogen and oxygen atoms in total. The van der Waals surface area contributed by atoms with Crippen LogP contribution in [-0.4, -0.2) is 6.71 Å². The molecular formula is C48H30BNOS. The molecule has 0 spiro atoms. The van der Waals surface area contributed by atoms with E-state index >= 15 is 0 Å². The quantitative estimate of drug-likeness (QED) is 0.172. The van der Waals surface area contributed by atoms with Gasteiger partial charge in [-0.3, -0.25) is 0 Å². The van der Waals surface area contributed by atoms with Crippen LogP contribution in [0.15, 0.2) is 182 Å². The second-order valence-corrected chi connectivity index (χ2v) is 14.6. The van der Waals surface area contributed by atoms with Crippen LogP contribution in [0.5, 0.6) is 11.5 Å². The van der Waals surface area contributed by atoms with Crippen LogP contribution in [0.25, 0.3) is 53.6 Å². The van der Waals surface area contributed by atoms with E-state index in [-0.39, 0.29) is 6.71 Å². The van der Waals surface area contributed by atoms with Gasteiger partial charge in [-0.15, -0.1) is 11.3 Å². The summed E-state index contributed by atoms with van der Waals surface area (Å²) in [5.74, 6) is 1.83. The highest BCUT2D eigenvalue weighted by molar-refractivity contribution is 7.26. The van der Waals surface area contributed by atoms with E-state index in [4.69, 9.17) is 4.74 Å². The van der Waals surface area contributed by atoms with Crippen molar-refractivity contribution < 1.29 is 4.74 Å². The summed E-state index contributed by atoms with van der Waals surface area (Å²) in [5, 5.41) is 2.63. The van der Waals surface area contributed by atoms with E-state index in [2.05, 4.69) is 187 Å². The molecule has 2 aliphatic heterocycles. The molecule has 0 amide bonds. The minimum absolute atomic E-state index is 0.00743. The van der Waals surface area contributed by atoms with Gasteiger partial charge in [0.2, 0.25) is 0 Å². The van der Waals surface area contributed by atoms with E-state index in [1.54, 1.807) is 0 Å². The van der Waals surface area contributed by atoms with E-state index in [0.29, 0.717) is 0 Å². The van der Waals surface area contributed by atoms with Crippen LogP contribution in [0.2, 0.25) is 0 Å². The fraction of sp³-hybridized carbons (Fsp3) is 0. The normalized spacial score (nSPS) is 12.7. The number of hydrogen-bond donors (Lipinski definition) is 0. The number of benzene rings is 8. The first-order valence-electron chi connectivity index (χ1n) is 17.8. The molecule has 9 aromatic rings. The summed E-state index contributed by atoms with van der Waals surface area (Å²) < 4.78 is 9.38. The Bertz CT molecular complexity index is 2790. The Balaban J connectivity index is 1.23. The maximum atomic E-state index is 6.73. The highest BCUT2D eigenvalue weighted by Gasteiger charge is 2.42. The van der Waals surface area contributed by atoms with Crippen molar-refractivity contribution in [2.75, 3.05) is 4.90 Å². The van der Waals surface area contributed by atoms with Crippen LogP contribution in [0, 0.1) is 0 Å². The number of fused-ring (bicyclic) bond motifs is 7. The Hall–Kier alpha value is -6.36. The van der Waals surface area contributed by atoms with Gasteiger partial charge in [0, 0.05) is 42.7 Å². The first kappa shape index (κ1) is 29.4. The van der Waals surface area contributed by atoms with Crippen LogP contribution < -0.4 is 26.0 Å². The Morgan fingerprint density at radius 3 is 1.88 bits per heavy atom. The highest BCUT2D eigenvalue weighted by atomic mass is 32.1. The Labute approximate surface area is 306 Å². The van der Waals surface area contributed by atoms with Gasteiger partial charge in [0.25, 0.3) is 6.71 Å². The fourth-order valence-corrected chi connectivity index (χ4v) is 9.74. The molecule has 2 aliphatic rings. The Kier molecular flexibility index (Phi) is 6.55. The lowest BCUT2D eigenvalue weighted by molar-refractivity contribution is 0.487. The molecular weight excluding hydrogens is 649 g/mol. The molecule has 11 rings (SSSR count). The fourth-order valence-electron chi connectivity index (χ4n) is 8.50. The van der Waals surface area contributed by atoms with Crippen LogP contribution in [-0.2, 0) is 0 Å². The Morgan fingerprint density at radius 1 is 0.442 bits per heavy atom. The molecule has 0 N–H and O–H groups in total. The maximum absolute atomic E-state index is 6.73. The van der Waals surface area contributed by atoms with Gasteiger partial charge < -0.3 is 9.64 Å². The first-order chi connectivity index (χ1) is 25.8.